The molecule has 1 aliphatic heterocycles. The highest BCUT2D eigenvalue weighted by molar-refractivity contribution is 7.87. The monoisotopic (exact) mass is 307 g/mol. The summed E-state index contributed by atoms with van der Waals surface area (Å²) >= 11 is 0. The summed E-state index contributed by atoms with van der Waals surface area (Å²) in [7, 11) is -3.55. The second kappa shape index (κ2) is 5.92. The lowest BCUT2D eigenvalue weighted by Crippen LogP contribution is -2.36. The van der Waals surface area contributed by atoms with Crippen molar-refractivity contribution in [1.29, 1.82) is 0 Å². The van der Waals surface area contributed by atoms with Crippen molar-refractivity contribution in [3.63, 3.8) is 0 Å². The Morgan fingerprint density at radius 2 is 1.86 bits per heavy atom. The van der Waals surface area contributed by atoms with E-state index in [2.05, 4.69) is 19.6 Å². The summed E-state index contributed by atoms with van der Waals surface area (Å²) in [5.74, 6) is 1.59. The number of aromatic nitrogens is 3. The van der Waals surface area contributed by atoms with Crippen LogP contribution in [0.15, 0.2) is 30.3 Å². The predicted molar refractivity (Wildman–Crippen MR) is 77.4 cm³/mol. The summed E-state index contributed by atoms with van der Waals surface area (Å²) < 4.78 is 30.8. The van der Waals surface area contributed by atoms with Crippen LogP contribution in [0.2, 0.25) is 0 Å². The quantitative estimate of drug-likeness (QED) is 0.806. The van der Waals surface area contributed by atoms with Crippen molar-refractivity contribution < 1.29 is 8.42 Å². The molecule has 8 heteroatoms. The van der Waals surface area contributed by atoms with E-state index in [1.54, 1.807) is 0 Å². The van der Waals surface area contributed by atoms with Crippen LogP contribution in [0.3, 0.4) is 0 Å². The molecule has 0 unspecified atom stereocenters. The Morgan fingerprint density at radius 1 is 1.10 bits per heavy atom. The van der Waals surface area contributed by atoms with E-state index in [-0.39, 0.29) is 13.1 Å². The summed E-state index contributed by atoms with van der Waals surface area (Å²) in [5.41, 5.74) is 0.909. The predicted octanol–water partition coefficient (Wildman–Crippen LogP) is 0.348. The van der Waals surface area contributed by atoms with Crippen LogP contribution in [0.4, 0.5) is 0 Å². The number of hydrogen-bond donors (Lipinski definition) is 2. The van der Waals surface area contributed by atoms with Gasteiger partial charge in [-0.3, -0.25) is 0 Å². The molecule has 1 aromatic heterocycles. The molecule has 0 bridgehead atoms. The van der Waals surface area contributed by atoms with Crippen LogP contribution in [0.1, 0.15) is 23.6 Å². The van der Waals surface area contributed by atoms with Gasteiger partial charge in [-0.15, -0.1) is 10.2 Å². The number of hydrogen-bond acceptors (Lipinski definition) is 4. The Kier molecular flexibility index (Phi) is 4.00. The van der Waals surface area contributed by atoms with Crippen LogP contribution in [-0.2, 0) is 36.3 Å². The standard InChI is InChI=1S/C13H17N5O2S/c19-21(20,14-9-11-5-2-1-3-6-11)15-10-13-17-16-12-7-4-8-18(12)13/h1-3,5-6,14-15H,4,7-10H2. The summed E-state index contributed by atoms with van der Waals surface area (Å²) in [6.07, 6.45) is 1.95. The number of fused-ring (bicyclic) bond motifs is 1. The lowest BCUT2D eigenvalue weighted by molar-refractivity contribution is 0.560. The highest BCUT2D eigenvalue weighted by Gasteiger charge is 2.18. The third-order valence-electron chi connectivity index (χ3n) is 3.42. The van der Waals surface area contributed by atoms with Crippen molar-refractivity contribution >= 4 is 10.2 Å². The van der Waals surface area contributed by atoms with E-state index < -0.39 is 10.2 Å². The fraction of sp³-hybridized carbons (Fsp3) is 0.385. The third-order valence-corrected chi connectivity index (χ3v) is 4.46. The van der Waals surface area contributed by atoms with Crippen molar-refractivity contribution in [1.82, 2.24) is 24.2 Å². The van der Waals surface area contributed by atoms with Gasteiger partial charge in [-0.25, -0.2) is 0 Å². The minimum absolute atomic E-state index is 0.150. The van der Waals surface area contributed by atoms with E-state index in [0.717, 1.165) is 30.8 Å². The van der Waals surface area contributed by atoms with E-state index in [1.165, 1.54) is 0 Å². The van der Waals surface area contributed by atoms with Gasteiger partial charge in [0.2, 0.25) is 0 Å². The molecule has 0 fully saturated rings. The summed E-state index contributed by atoms with van der Waals surface area (Å²) in [6.45, 7) is 1.27. The summed E-state index contributed by atoms with van der Waals surface area (Å²) in [4.78, 5) is 0. The molecule has 0 saturated heterocycles. The minimum Gasteiger partial charge on any atom is -0.314 e. The Hall–Kier alpha value is -1.77. The lowest BCUT2D eigenvalue weighted by atomic mass is 10.2. The number of aryl methyl sites for hydroxylation is 1. The van der Waals surface area contributed by atoms with Crippen molar-refractivity contribution in [2.45, 2.75) is 32.5 Å². The molecule has 1 aliphatic rings. The molecule has 1 aromatic carbocycles. The van der Waals surface area contributed by atoms with E-state index in [1.807, 2.05) is 34.9 Å². The molecule has 0 spiro atoms. The molecule has 112 valence electrons. The highest BCUT2D eigenvalue weighted by Crippen LogP contribution is 2.13. The molecule has 0 saturated carbocycles. The van der Waals surface area contributed by atoms with Gasteiger partial charge in [0, 0.05) is 19.5 Å². The van der Waals surface area contributed by atoms with E-state index in [0.29, 0.717) is 5.82 Å². The molecule has 0 amide bonds. The molecule has 7 nitrogen and oxygen atoms in total. The van der Waals surface area contributed by atoms with Gasteiger partial charge in [-0.05, 0) is 12.0 Å². The van der Waals surface area contributed by atoms with E-state index in [4.69, 9.17) is 0 Å². The smallest absolute Gasteiger partial charge is 0.277 e. The molecule has 2 N–H and O–H groups in total. The molecular weight excluding hydrogens is 290 g/mol. The number of rotatable bonds is 6. The number of nitrogens with zero attached hydrogens (tertiary/aromatic N) is 3. The van der Waals surface area contributed by atoms with Crippen molar-refractivity contribution in [3.05, 3.63) is 47.5 Å². The zero-order valence-electron chi connectivity index (χ0n) is 11.5. The van der Waals surface area contributed by atoms with Crippen LogP contribution in [0.25, 0.3) is 0 Å². The first-order chi connectivity index (χ1) is 10.1. The molecule has 21 heavy (non-hydrogen) atoms. The third kappa shape index (κ3) is 3.46. The van der Waals surface area contributed by atoms with Gasteiger partial charge in [0.15, 0.2) is 0 Å². The second-order valence-corrected chi connectivity index (χ2v) is 6.50. The molecule has 0 radical (unpaired) electrons. The van der Waals surface area contributed by atoms with Gasteiger partial charge in [-0.2, -0.15) is 17.9 Å². The first-order valence-corrected chi connectivity index (χ1v) is 8.31. The Morgan fingerprint density at radius 3 is 2.67 bits per heavy atom. The van der Waals surface area contributed by atoms with Gasteiger partial charge >= 0.3 is 0 Å². The molecule has 0 atom stereocenters. The van der Waals surface area contributed by atoms with Crippen LogP contribution in [0.5, 0.6) is 0 Å². The maximum atomic E-state index is 11.9. The van der Waals surface area contributed by atoms with Gasteiger partial charge < -0.3 is 4.57 Å². The molecular formula is C13H17N5O2S. The second-order valence-electron chi connectivity index (χ2n) is 4.92. The van der Waals surface area contributed by atoms with Gasteiger partial charge in [0.25, 0.3) is 10.2 Å². The highest BCUT2D eigenvalue weighted by atomic mass is 32.2. The first kappa shape index (κ1) is 14.2. The zero-order valence-corrected chi connectivity index (χ0v) is 12.3. The molecule has 2 aromatic rings. The maximum Gasteiger partial charge on any atom is 0.277 e. The van der Waals surface area contributed by atoms with Crippen LogP contribution >= 0.6 is 0 Å². The Balaban J connectivity index is 1.56. The first-order valence-electron chi connectivity index (χ1n) is 6.83. The zero-order chi connectivity index (χ0) is 14.7. The number of benzene rings is 1. The fourth-order valence-corrected chi connectivity index (χ4v) is 3.10. The van der Waals surface area contributed by atoms with Crippen LogP contribution < -0.4 is 9.44 Å². The Labute approximate surface area is 123 Å². The van der Waals surface area contributed by atoms with Crippen LogP contribution in [0, 0.1) is 0 Å². The van der Waals surface area contributed by atoms with Crippen molar-refractivity contribution in [3.8, 4) is 0 Å². The SMILES string of the molecule is O=S(=O)(NCc1ccccc1)NCc1nnc2n1CCC2. The van der Waals surface area contributed by atoms with E-state index in [9.17, 15) is 8.42 Å². The number of nitrogens with one attached hydrogen (secondary N) is 2. The molecule has 2 heterocycles. The van der Waals surface area contributed by atoms with Gasteiger partial charge in [0.05, 0.1) is 6.54 Å². The molecule has 3 rings (SSSR count). The normalized spacial score (nSPS) is 14.3. The van der Waals surface area contributed by atoms with Crippen molar-refractivity contribution in [2.24, 2.45) is 0 Å². The average molecular weight is 307 g/mol. The average Bonchev–Trinajstić information content (AvgIpc) is 3.08. The van der Waals surface area contributed by atoms with Crippen molar-refractivity contribution in [2.75, 3.05) is 0 Å². The van der Waals surface area contributed by atoms with Gasteiger partial charge in [0.1, 0.15) is 11.6 Å². The largest absolute Gasteiger partial charge is 0.314 e. The summed E-state index contributed by atoms with van der Waals surface area (Å²) in [5, 5.41) is 8.07. The fourth-order valence-electron chi connectivity index (χ4n) is 2.33. The summed E-state index contributed by atoms with van der Waals surface area (Å²) in [6, 6.07) is 9.37. The minimum atomic E-state index is -3.55. The molecule has 0 aliphatic carbocycles. The van der Waals surface area contributed by atoms with Gasteiger partial charge in [-0.1, -0.05) is 30.3 Å². The van der Waals surface area contributed by atoms with Crippen LogP contribution in [-0.4, -0.2) is 23.2 Å². The topological polar surface area (TPSA) is 88.9 Å². The lowest BCUT2D eigenvalue weighted by Gasteiger charge is -2.08. The van der Waals surface area contributed by atoms with E-state index >= 15 is 0 Å². The Bertz CT molecular complexity index is 711. The maximum absolute atomic E-state index is 11.9.